The fourth-order valence-corrected chi connectivity index (χ4v) is 5.35. The highest BCUT2D eigenvalue weighted by molar-refractivity contribution is 7.45. The van der Waals surface area contributed by atoms with Crippen molar-refractivity contribution >= 4 is 25.8 Å². The first-order valence-corrected chi connectivity index (χ1v) is 14.8. The summed E-state index contributed by atoms with van der Waals surface area (Å²) >= 11 is 0. The number of nitrogen functional groups attached to an aromatic ring is 1. The number of rotatable bonds is 10. The zero-order valence-corrected chi connectivity index (χ0v) is 24.7. The van der Waals surface area contributed by atoms with Gasteiger partial charge in [0.25, 0.3) is 0 Å². The number of carbonyl (C=O) groups is 1. The predicted octanol–water partition coefficient (Wildman–Crippen LogP) is 5.07. The van der Waals surface area contributed by atoms with Gasteiger partial charge < -0.3 is 24.3 Å². The number of hydrogen-bond acceptors (Lipinski definition) is 10. The molecule has 3 N–H and O–H groups in total. The monoisotopic (exact) mass is 590 g/mol. The average Bonchev–Trinajstić information content (AvgIpc) is 3.61. The lowest BCUT2D eigenvalue weighted by atomic mass is 9.98. The fourth-order valence-electron chi connectivity index (χ4n) is 4.27. The number of nitrogens with one attached hydrogen (secondary N) is 1. The highest BCUT2D eigenvalue weighted by Gasteiger charge is 2.45. The number of hydrogen-bond donors (Lipinski definition) is 2. The summed E-state index contributed by atoms with van der Waals surface area (Å²) in [4.78, 5) is 16.0. The summed E-state index contributed by atoms with van der Waals surface area (Å²) in [5, 5.41) is 17.3. The summed E-state index contributed by atoms with van der Waals surface area (Å²) in [5.41, 5.74) is 7.26. The van der Waals surface area contributed by atoms with Gasteiger partial charge in [0.05, 0.1) is 24.5 Å². The van der Waals surface area contributed by atoms with Crippen molar-refractivity contribution < 1.29 is 23.3 Å². The Morgan fingerprint density at radius 1 is 1.19 bits per heavy atom. The van der Waals surface area contributed by atoms with Gasteiger partial charge in [-0.05, 0) is 57.9 Å². The van der Waals surface area contributed by atoms with Gasteiger partial charge in [0.1, 0.15) is 30.2 Å². The van der Waals surface area contributed by atoms with Crippen molar-refractivity contribution in [3.05, 3.63) is 90.4 Å². The number of aromatic nitrogens is 3. The molecule has 4 aromatic rings. The molecule has 1 aliphatic rings. The Bertz CT molecular complexity index is 1480. The number of esters is 1. The van der Waals surface area contributed by atoms with Crippen LogP contribution >= 0.6 is 8.53 Å². The molecule has 0 radical (unpaired) electrons. The van der Waals surface area contributed by atoms with E-state index >= 15 is 0 Å². The van der Waals surface area contributed by atoms with Gasteiger partial charge in [0.15, 0.2) is 11.4 Å². The minimum Gasteiger partial charge on any atom is -0.462 e. The van der Waals surface area contributed by atoms with Gasteiger partial charge in [-0.15, -0.1) is 0 Å². The molecule has 42 heavy (non-hydrogen) atoms. The summed E-state index contributed by atoms with van der Waals surface area (Å²) < 4.78 is 24.9. The molecule has 3 heterocycles. The standard InChI is InChI=1S/C23H27N6O5P.C7H8/c1-16(2)32-21(30)12-28-35(34-17-6-4-3-5-7-17)31-13-18-10-11-23(14-24,33-18)20-9-8-19-22(25)26-15-27-29(19)20;1-7-5-3-2-4-6-7/h3-9,15-16,18,28H,10-13H2,1-2H3,(H2,25,26,27);2-6H,1H3. The smallest absolute Gasteiger partial charge is 0.320 e. The van der Waals surface area contributed by atoms with Crippen molar-refractivity contribution in [3.63, 3.8) is 0 Å². The van der Waals surface area contributed by atoms with Crippen LogP contribution in [0.3, 0.4) is 0 Å². The van der Waals surface area contributed by atoms with Crippen molar-refractivity contribution in [3.8, 4) is 11.8 Å². The number of carbonyl (C=O) groups excluding carboxylic acids is 1. The number of fused-ring (bicyclic) bond motifs is 1. The fraction of sp³-hybridized carbons (Fsp3) is 0.333. The van der Waals surface area contributed by atoms with Crippen molar-refractivity contribution in [2.24, 2.45) is 0 Å². The van der Waals surface area contributed by atoms with Gasteiger partial charge in [-0.3, -0.25) is 4.79 Å². The highest BCUT2D eigenvalue weighted by atomic mass is 31.2. The first-order valence-electron chi connectivity index (χ1n) is 13.6. The molecule has 1 aliphatic heterocycles. The normalized spacial score (nSPS) is 18.6. The van der Waals surface area contributed by atoms with Crippen LogP contribution in [0.25, 0.3) is 5.52 Å². The quantitative estimate of drug-likeness (QED) is 0.190. The van der Waals surface area contributed by atoms with Crippen LogP contribution in [0, 0.1) is 18.3 Å². The lowest BCUT2D eigenvalue weighted by Crippen LogP contribution is -2.29. The summed E-state index contributed by atoms with van der Waals surface area (Å²) in [6.07, 6.45) is 1.80. The van der Waals surface area contributed by atoms with Crippen LogP contribution in [0.15, 0.2) is 79.1 Å². The molecule has 12 heteroatoms. The minimum atomic E-state index is -1.68. The number of benzene rings is 2. The maximum Gasteiger partial charge on any atom is 0.320 e. The van der Waals surface area contributed by atoms with Crippen LogP contribution in [-0.4, -0.2) is 45.9 Å². The maximum atomic E-state index is 12.0. The topological polar surface area (TPSA) is 146 Å². The van der Waals surface area contributed by atoms with Gasteiger partial charge >= 0.3 is 14.5 Å². The molecule has 3 unspecified atom stereocenters. The van der Waals surface area contributed by atoms with Crippen LogP contribution in [0.5, 0.6) is 5.75 Å². The van der Waals surface area contributed by atoms with Crippen molar-refractivity contribution in [2.75, 3.05) is 18.9 Å². The van der Waals surface area contributed by atoms with Gasteiger partial charge in [0.2, 0.25) is 0 Å². The molecule has 1 fully saturated rings. The van der Waals surface area contributed by atoms with E-state index < -0.39 is 20.1 Å². The maximum absolute atomic E-state index is 12.0. The summed E-state index contributed by atoms with van der Waals surface area (Å²) in [5.74, 6) is 0.511. The van der Waals surface area contributed by atoms with Gasteiger partial charge in [0, 0.05) is 0 Å². The Kier molecular flexibility index (Phi) is 10.8. The molecule has 0 saturated carbocycles. The van der Waals surface area contributed by atoms with E-state index in [2.05, 4.69) is 40.3 Å². The van der Waals surface area contributed by atoms with Crippen LogP contribution in [-0.2, 0) is 24.4 Å². The third-order valence-corrected chi connectivity index (χ3v) is 7.41. The third kappa shape index (κ3) is 8.24. The molecule has 0 spiro atoms. The van der Waals surface area contributed by atoms with E-state index in [-0.39, 0.29) is 25.4 Å². The van der Waals surface area contributed by atoms with E-state index in [0.717, 1.165) is 0 Å². The molecule has 3 atom stereocenters. The van der Waals surface area contributed by atoms with Crippen molar-refractivity contribution in [2.45, 2.75) is 51.4 Å². The first kappa shape index (κ1) is 30.9. The lowest BCUT2D eigenvalue weighted by molar-refractivity contribution is -0.145. The molecule has 220 valence electrons. The predicted molar refractivity (Wildman–Crippen MR) is 159 cm³/mol. The van der Waals surface area contributed by atoms with E-state index in [0.29, 0.717) is 35.6 Å². The minimum absolute atomic E-state index is 0.0678. The number of para-hydroxylation sites is 1. The van der Waals surface area contributed by atoms with Crippen molar-refractivity contribution in [1.82, 2.24) is 19.7 Å². The Morgan fingerprint density at radius 2 is 1.90 bits per heavy atom. The number of ether oxygens (including phenoxy) is 2. The van der Waals surface area contributed by atoms with Gasteiger partial charge in [-0.1, -0.05) is 54.1 Å². The van der Waals surface area contributed by atoms with Crippen LogP contribution in [0.1, 0.15) is 37.9 Å². The number of nitriles is 1. The Hall–Kier alpha value is -4.07. The summed E-state index contributed by atoms with van der Waals surface area (Å²) in [6, 6.07) is 25.3. The van der Waals surface area contributed by atoms with Gasteiger partial charge in [-0.25, -0.2) is 14.6 Å². The molecule has 11 nitrogen and oxygen atoms in total. The summed E-state index contributed by atoms with van der Waals surface area (Å²) in [7, 11) is -1.68. The van der Waals surface area contributed by atoms with Crippen molar-refractivity contribution in [1.29, 1.82) is 5.26 Å². The van der Waals surface area contributed by atoms with Gasteiger partial charge in [-0.2, -0.15) is 10.4 Å². The molecule has 0 amide bonds. The number of aryl methyl sites for hydroxylation is 1. The zero-order chi connectivity index (χ0) is 30.0. The first-order chi connectivity index (χ1) is 20.3. The van der Waals surface area contributed by atoms with Crippen LogP contribution in [0.4, 0.5) is 5.82 Å². The second-order valence-electron chi connectivity index (χ2n) is 9.86. The SMILES string of the molecule is CC(C)OC(=O)CNP(OCC1CCC(C#N)(c2ccc3c(N)ncnn23)O1)Oc1ccccc1.Cc1ccccc1. The average molecular weight is 591 g/mol. The lowest BCUT2D eigenvalue weighted by Gasteiger charge is -2.23. The van der Waals surface area contributed by atoms with E-state index in [4.69, 9.17) is 24.3 Å². The number of anilines is 1. The highest BCUT2D eigenvalue weighted by Crippen LogP contribution is 2.42. The number of nitrogens with zero attached hydrogens (tertiary/aromatic N) is 4. The van der Waals surface area contributed by atoms with Crippen LogP contribution < -0.4 is 15.3 Å². The zero-order valence-electron chi connectivity index (χ0n) is 23.8. The largest absolute Gasteiger partial charge is 0.462 e. The van der Waals surface area contributed by atoms with E-state index in [1.165, 1.54) is 11.9 Å². The molecule has 2 aromatic heterocycles. The Balaban J connectivity index is 0.000000507. The third-order valence-electron chi connectivity index (χ3n) is 6.23. The van der Waals surface area contributed by atoms with E-state index in [9.17, 15) is 10.1 Å². The Labute approximate surface area is 246 Å². The molecular weight excluding hydrogens is 555 g/mol. The molecule has 1 saturated heterocycles. The molecule has 0 bridgehead atoms. The molecule has 0 aliphatic carbocycles. The second-order valence-corrected chi connectivity index (χ2v) is 11.1. The Morgan fingerprint density at radius 3 is 2.55 bits per heavy atom. The second kappa shape index (κ2) is 14.7. The molecule has 2 aromatic carbocycles. The van der Waals surface area contributed by atoms with E-state index in [1.807, 2.05) is 36.4 Å². The molecule has 5 rings (SSSR count). The van der Waals surface area contributed by atoms with Crippen LogP contribution in [0.2, 0.25) is 0 Å². The molecular formula is C30H35N6O5P. The summed E-state index contributed by atoms with van der Waals surface area (Å²) in [6.45, 7) is 5.74. The number of nitrogens with two attached hydrogens (primary N) is 1. The van der Waals surface area contributed by atoms with E-state index in [1.54, 1.807) is 42.6 Å².